The highest BCUT2D eigenvalue weighted by molar-refractivity contribution is 7.14. The van der Waals surface area contributed by atoms with Crippen molar-refractivity contribution in [2.24, 2.45) is 0 Å². The molecule has 1 aliphatic rings. The average molecular weight is 347 g/mol. The van der Waals surface area contributed by atoms with Crippen LogP contribution >= 0.6 is 11.3 Å². The first-order valence-electron chi connectivity index (χ1n) is 7.46. The van der Waals surface area contributed by atoms with Gasteiger partial charge in [-0.15, -0.1) is 11.3 Å². The maximum Gasteiger partial charge on any atom is 0.271 e. The molecule has 3 rings (SSSR count). The number of rotatable bonds is 4. The van der Waals surface area contributed by atoms with Gasteiger partial charge in [-0.3, -0.25) is 9.59 Å². The summed E-state index contributed by atoms with van der Waals surface area (Å²) in [5.41, 5.74) is 1.18. The van der Waals surface area contributed by atoms with Gasteiger partial charge in [0.25, 0.3) is 5.91 Å². The van der Waals surface area contributed by atoms with Crippen LogP contribution in [0.2, 0.25) is 0 Å². The van der Waals surface area contributed by atoms with Crippen LogP contribution in [0.5, 0.6) is 11.5 Å². The number of ether oxygens (including phenoxy) is 2. The van der Waals surface area contributed by atoms with E-state index in [2.05, 4.69) is 15.6 Å². The molecule has 2 heterocycles. The predicted octanol–water partition coefficient (Wildman–Crippen LogP) is 2.36. The molecule has 2 amide bonds. The second-order valence-electron chi connectivity index (χ2n) is 5.32. The van der Waals surface area contributed by atoms with Crippen molar-refractivity contribution >= 4 is 28.3 Å². The molecule has 0 saturated carbocycles. The highest BCUT2D eigenvalue weighted by Crippen LogP contribution is 2.32. The Morgan fingerprint density at radius 2 is 2.00 bits per heavy atom. The van der Waals surface area contributed by atoms with Gasteiger partial charge in [0.2, 0.25) is 5.91 Å². The zero-order valence-corrected chi connectivity index (χ0v) is 14.1. The molecule has 1 atom stereocenters. The summed E-state index contributed by atoms with van der Waals surface area (Å²) in [5, 5.41) is 7.45. The van der Waals surface area contributed by atoms with E-state index in [9.17, 15) is 9.59 Å². The fourth-order valence-electron chi connectivity index (χ4n) is 2.27. The van der Waals surface area contributed by atoms with E-state index in [0.717, 1.165) is 5.56 Å². The van der Waals surface area contributed by atoms with Crippen molar-refractivity contribution in [3.8, 4) is 11.5 Å². The highest BCUT2D eigenvalue weighted by atomic mass is 32.1. The lowest BCUT2D eigenvalue weighted by atomic mass is 10.1. The molecule has 0 saturated heterocycles. The summed E-state index contributed by atoms with van der Waals surface area (Å²) in [6, 6.07) is 5.37. The van der Waals surface area contributed by atoms with E-state index in [1.807, 2.05) is 25.1 Å². The van der Waals surface area contributed by atoms with Crippen LogP contribution in [0.4, 0.5) is 5.13 Å². The third kappa shape index (κ3) is 3.65. The van der Waals surface area contributed by atoms with E-state index in [1.54, 1.807) is 5.38 Å². The van der Waals surface area contributed by atoms with E-state index in [0.29, 0.717) is 29.8 Å². The van der Waals surface area contributed by atoms with E-state index in [4.69, 9.17) is 9.47 Å². The number of nitrogens with one attached hydrogen (secondary N) is 2. The lowest BCUT2D eigenvalue weighted by Gasteiger charge is -2.21. The van der Waals surface area contributed by atoms with Gasteiger partial charge in [-0.1, -0.05) is 6.07 Å². The number of hydrogen-bond acceptors (Lipinski definition) is 6. The molecule has 1 aliphatic heterocycles. The maximum atomic E-state index is 12.3. The summed E-state index contributed by atoms with van der Waals surface area (Å²) < 4.78 is 11.0. The molecule has 0 radical (unpaired) electrons. The SMILES string of the molecule is CC(=O)Nc1nc(C(=O)NC(C)c2ccc3c(c2)OCCO3)cs1. The van der Waals surface area contributed by atoms with Crippen molar-refractivity contribution in [2.75, 3.05) is 18.5 Å². The minimum atomic E-state index is -0.301. The van der Waals surface area contributed by atoms with E-state index in [-0.39, 0.29) is 23.6 Å². The van der Waals surface area contributed by atoms with Crippen molar-refractivity contribution in [2.45, 2.75) is 19.9 Å². The van der Waals surface area contributed by atoms with E-state index >= 15 is 0 Å². The predicted molar refractivity (Wildman–Crippen MR) is 89.7 cm³/mol. The largest absolute Gasteiger partial charge is 0.486 e. The molecule has 0 aliphatic carbocycles. The van der Waals surface area contributed by atoms with Gasteiger partial charge < -0.3 is 20.1 Å². The van der Waals surface area contributed by atoms with Crippen molar-refractivity contribution in [3.05, 3.63) is 34.8 Å². The van der Waals surface area contributed by atoms with Gasteiger partial charge in [-0.25, -0.2) is 4.98 Å². The molecule has 8 heteroatoms. The molecule has 0 bridgehead atoms. The van der Waals surface area contributed by atoms with Gasteiger partial charge >= 0.3 is 0 Å². The van der Waals surface area contributed by atoms with Crippen LogP contribution in [-0.4, -0.2) is 30.0 Å². The maximum absolute atomic E-state index is 12.3. The van der Waals surface area contributed by atoms with Crippen molar-refractivity contribution in [3.63, 3.8) is 0 Å². The molecule has 2 aromatic rings. The van der Waals surface area contributed by atoms with Gasteiger partial charge in [0.1, 0.15) is 18.9 Å². The Morgan fingerprint density at radius 3 is 2.75 bits per heavy atom. The Hall–Kier alpha value is -2.61. The minimum absolute atomic E-state index is 0.221. The Labute approximate surface area is 143 Å². The lowest BCUT2D eigenvalue weighted by molar-refractivity contribution is -0.114. The third-order valence-electron chi connectivity index (χ3n) is 3.43. The van der Waals surface area contributed by atoms with Crippen LogP contribution in [0.1, 0.15) is 35.9 Å². The first-order chi connectivity index (χ1) is 11.5. The van der Waals surface area contributed by atoms with Crippen LogP contribution in [0.25, 0.3) is 0 Å². The number of nitrogens with zero attached hydrogens (tertiary/aromatic N) is 1. The van der Waals surface area contributed by atoms with Gasteiger partial charge in [0, 0.05) is 12.3 Å². The summed E-state index contributed by atoms with van der Waals surface area (Å²) in [6.07, 6.45) is 0. The van der Waals surface area contributed by atoms with Gasteiger partial charge in [-0.05, 0) is 24.6 Å². The first-order valence-corrected chi connectivity index (χ1v) is 8.34. The summed E-state index contributed by atoms with van der Waals surface area (Å²) >= 11 is 1.21. The monoisotopic (exact) mass is 347 g/mol. The zero-order valence-electron chi connectivity index (χ0n) is 13.3. The molecular formula is C16H17N3O4S. The molecule has 24 heavy (non-hydrogen) atoms. The van der Waals surface area contributed by atoms with Crippen LogP contribution < -0.4 is 20.1 Å². The number of aromatic nitrogens is 1. The van der Waals surface area contributed by atoms with Crippen molar-refractivity contribution < 1.29 is 19.1 Å². The Kier molecular flexibility index (Phi) is 4.66. The number of amides is 2. The number of fused-ring (bicyclic) bond motifs is 1. The van der Waals surface area contributed by atoms with Crippen LogP contribution in [0, 0.1) is 0 Å². The first kappa shape index (κ1) is 16.3. The topological polar surface area (TPSA) is 89.6 Å². The number of thiazole rings is 1. The summed E-state index contributed by atoms with van der Waals surface area (Å²) in [5.74, 6) is 0.871. The molecule has 0 fully saturated rings. The Balaban J connectivity index is 1.67. The number of hydrogen-bond donors (Lipinski definition) is 2. The fraction of sp³-hybridized carbons (Fsp3) is 0.312. The lowest BCUT2D eigenvalue weighted by Crippen LogP contribution is -2.27. The summed E-state index contributed by atoms with van der Waals surface area (Å²) in [6.45, 7) is 4.33. The molecule has 2 N–H and O–H groups in total. The normalized spacial score (nSPS) is 13.9. The molecule has 1 aromatic carbocycles. The van der Waals surface area contributed by atoms with Gasteiger partial charge in [0.05, 0.1) is 6.04 Å². The highest BCUT2D eigenvalue weighted by Gasteiger charge is 2.18. The second-order valence-corrected chi connectivity index (χ2v) is 6.18. The Bertz CT molecular complexity index is 774. The minimum Gasteiger partial charge on any atom is -0.486 e. The smallest absolute Gasteiger partial charge is 0.271 e. The van der Waals surface area contributed by atoms with Gasteiger partial charge in [-0.2, -0.15) is 0 Å². The zero-order chi connectivity index (χ0) is 17.1. The summed E-state index contributed by atoms with van der Waals surface area (Å²) in [7, 11) is 0. The second kappa shape index (κ2) is 6.88. The van der Waals surface area contributed by atoms with Crippen molar-refractivity contribution in [1.82, 2.24) is 10.3 Å². The van der Waals surface area contributed by atoms with E-state index in [1.165, 1.54) is 18.3 Å². The number of carbonyl (C=O) groups is 2. The molecule has 1 unspecified atom stereocenters. The number of anilines is 1. The number of benzene rings is 1. The van der Waals surface area contributed by atoms with Crippen molar-refractivity contribution in [1.29, 1.82) is 0 Å². The third-order valence-corrected chi connectivity index (χ3v) is 4.19. The Morgan fingerprint density at radius 1 is 1.25 bits per heavy atom. The molecular weight excluding hydrogens is 330 g/mol. The van der Waals surface area contributed by atoms with E-state index < -0.39 is 0 Å². The number of carbonyl (C=O) groups excluding carboxylic acids is 2. The molecule has 0 spiro atoms. The average Bonchev–Trinajstić information content (AvgIpc) is 3.02. The molecule has 7 nitrogen and oxygen atoms in total. The molecule has 126 valence electrons. The van der Waals surface area contributed by atoms with Crippen LogP contribution in [0.3, 0.4) is 0 Å². The summed E-state index contributed by atoms with van der Waals surface area (Å²) in [4.78, 5) is 27.4. The standard InChI is InChI=1S/C16H17N3O4S/c1-9(11-3-4-13-14(7-11)23-6-5-22-13)17-15(21)12-8-24-16(19-12)18-10(2)20/h3-4,7-9H,5-6H2,1-2H3,(H,17,21)(H,18,19,20). The van der Waals surface area contributed by atoms with Gasteiger partial charge in [0.15, 0.2) is 16.6 Å². The quantitative estimate of drug-likeness (QED) is 0.886. The van der Waals surface area contributed by atoms with Crippen LogP contribution in [0.15, 0.2) is 23.6 Å². The fourth-order valence-corrected chi connectivity index (χ4v) is 3.01. The van der Waals surface area contributed by atoms with Crippen LogP contribution in [-0.2, 0) is 4.79 Å². The molecule has 1 aromatic heterocycles.